The van der Waals surface area contributed by atoms with Crippen LogP contribution in [0.1, 0.15) is 38.5 Å². The van der Waals surface area contributed by atoms with Crippen LogP contribution in [-0.4, -0.2) is 185 Å². The predicted octanol–water partition coefficient (Wildman–Crippen LogP) is 0.318. The quantitative estimate of drug-likeness (QED) is 0.0484. The van der Waals surface area contributed by atoms with Crippen molar-refractivity contribution in [2.24, 2.45) is 0 Å². The fourth-order valence-electron chi connectivity index (χ4n) is 3.52. The number of aliphatic carboxylic acids is 2. The van der Waals surface area contributed by atoms with E-state index in [0.29, 0.717) is 132 Å². The molecule has 0 rings (SSSR count). The lowest BCUT2D eigenvalue weighted by molar-refractivity contribution is -0.151. The first-order valence-electron chi connectivity index (χ1n) is 17.4. The molecule has 0 aromatic rings. The molecule has 0 aliphatic rings. The summed E-state index contributed by atoms with van der Waals surface area (Å²) in [4.78, 5) is 54.5. The van der Waals surface area contributed by atoms with Gasteiger partial charge >= 0.3 is 23.9 Å². The first-order valence-corrected chi connectivity index (χ1v) is 17.4. The second-order valence-corrected chi connectivity index (χ2v) is 10.4. The van der Waals surface area contributed by atoms with Crippen LogP contribution in [0.2, 0.25) is 0 Å². The van der Waals surface area contributed by atoms with Gasteiger partial charge in [0.1, 0.15) is 13.2 Å². The van der Waals surface area contributed by atoms with Crippen molar-refractivity contribution >= 4 is 29.7 Å². The fraction of sp³-hybridized carbons (Fsp3) is 0.848. The van der Waals surface area contributed by atoms with Crippen molar-refractivity contribution in [1.82, 2.24) is 0 Å². The molecule has 0 radical (unpaired) electrons. The van der Waals surface area contributed by atoms with E-state index in [1.807, 2.05) is 0 Å². The summed E-state index contributed by atoms with van der Waals surface area (Å²) in [7, 11) is 0. The summed E-state index contributed by atoms with van der Waals surface area (Å²) in [5.74, 6) is -4.49. The van der Waals surface area contributed by atoms with E-state index in [-0.39, 0.29) is 51.7 Å². The van der Waals surface area contributed by atoms with Crippen LogP contribution < -0.4 is 0 Å². The predicted molar refractivity (Wildman–Crippen MR) is 178 cm³/mol. The maximum atomic E-state index is 11.5. The molecule has 304 valence electrons. The smallest absolute Gasteiger partial charge is 0.372 e. The zero-order chi connectivity index (χ0) is 38.2. The molecule has 0 atom stereocenters. The Morgan fingerprint density at radius 1 is 0.308 bits per heavy atom. The monoisotopic (exact) mass is 758 g/mol. The first-order chi connectivity index (χ1) is 25.3. The highest BCUT2D eigenvalue weighted by atomic mass is 16.6. The average Bonchev–Trinajstić information content (AvgIpc) is 3.12. The number of Topliss-reactive ketones (excluding diaryl/α,β-unsaturated/α-hetero) is 1. The van der Waals surface area contributed by atoms with Crippen LogP contribution in [0.5, 0.6) is 0 Å². The normalized spacial score (nSPS) is 11.1. The van der Waals surface area contributed by atoms with E-state index in [1.54, 1.807) is 0 Å². The van der Waals surface area contributed by atoms with Gasteiger partial charge in [0.25, 0.3) is 0 Å². The van der Waals surface area contributed by atoms with Crippen LogP contribution in [0.4, 0.5) is 0 Å². The van der Waals surface area contributed by atoms with Crippen LogP contribution in [0.3, 0.4) is 0 Å². The number of unbranched alkanes of at least 4 members (excludes halogenated alkanes) is 1. The highest BCUT2D eigenvalue weighted by Crippen LogP contribution is 2.01. The van der Waals surface area contributed by atoms with Gasteiger partial charge in [-0.1, -0.05) is 0 Å². The lowest BCUT2D eigenvalue weighted by Crippen LogP contribution is -2.17. The molecule has 0 fully saturated rings. The van der Waals surface area contributed by atoms with E-state index in [2.05, 4.69) is 0 Å². The number of rotatable bonds is 42. The van der Waals surface area contributed by atoms with Crippen molar-refractivity contribution in [2.75, 3.05) is 145 Å². The molecule has 0 saturated carbocycles. The van der Waals surface area contributed by atoms with Gasteiger partial charge in [-0.05, 0) is 12.8 Å². The van der Waals surface area contributed by atoms with E-state index < -0.39 is 30.1 Å². The summed E-state index contributed by atoms with van der Waals surface area (Å²) in [6, 6.07) is 0. The number of carboxylic acid groups (broad SMARTS) is 2. The largest absolute Gasteiger partial charge is 0.481 e. The van der Waals surface area contributed by atoms with Gasteiger partial charge in [-0.25, -0.2) is 4.79 Å². The van der Waals surface area contributed by atoms with Crippen molar-refractivity contribution in [2.45, 2.75) is 38.5 Å². The minimum absolute atomic E-state index is 0.00398. The van der Waals surface area contributed by atoms with E-state index in [4.69, 9.17) is 67.1 Å². The molecule has 0 aromatic heterocycles. The highest BCUT2D eigenvalue weighted by molar-refractivity contribution is 6.32. The molecule has 2 N–H and O–H groups in total. The number of ketones is 1. The van der Waals surface area contributed by atoms with Gasteiger partial charge in [-0.3, -0.25) is 19.2 Å². The number of ether oxygens (including phenoxy) is 12. The van der Waals surface area contributed by atoms with Crippen LogP contribution in [0.15, 0.2) is 0 Å². The average molecular weight is 759 g/mol. The Hall–Kier alpha value is -2.85. The van der Waals surface area contributed by atoms with Gasteiger partial charge in [0, 0.05) is 19.3 Å². The van der Waals surface area contributed by atoms with E-state index >= 15 is 0 Å². The molecule has 52 heavy (non-hydrogen) atoms. The maximum absolute atomic E-state index is 11.5. The van der Waals surface area contributed by atoms with Crippen LogP contribution in [0, 0.1) is 0 Å². The first kappa shape index (κ1) is 49.1. The summed E-state index contributed by atoms with van der Waals surface area (Å²) < 4.78 is 63.7. The Morgan fingerprint density at radius 3 is 0.827 bits per heavy atom. The summed E-state index contributed by atoms with van der Waals surface area (Å²) in [6.45, 7) is 8.05. The summed E-state index contributed by atoms with van der Waals surface area (Å²) in [5.41, 5.74) is 0. The molecule has 0 aromatic carbocycles. The maximum Gasteiger partial charge on any atom is 0.372 e. The third-order valence-electron chi connectivity index (χ3n) is 6.15. The molecule has 0 amide bonds. The third kappa shape index (κ3) is 39.9. The van der Waals surface area contributed by atoms with Crippen molar-refractivity contribution < 1.29 is 91.0 Å². The van der Waals surface area contributed by atoms with E-state index in [0.717, 1.165) is 0 Å². The number of esters is 2. The Morgan fingerprint density at radius 2 is 0.558 bits per heavy atom. The lowest BCUT2D eigenvalue weighted by atomic mass is 10.2. The molecule has 0 aliphatic heterocycles. The molecular formula is C33H58O19. The van der Waals surface area contributed by atoms with Gasteiger partial charge in [-0.2, -0.15) is 0 Å². The molecule has 0 heterocycles. The summed E-state index contributed by atoms with van der Waals surface area (Å²) in [5, 5.41) is 17.0. The molecule has 0 aliphatic carbocycles. The molecule has 19 nitrogen and oxygen atoms in total. The Bertz CT molecular complexity index is 887. The Balaban J connectivity index is 3.16. The molecule has 0 unspecified atom stereocenters. The standard InChI is InChI=1S/C33H58O19/c34-29(33(39)40)5-6-32(38)52-28-26-50-24-22-48-20-18-46-16-14-44-12-10-42-8-7-41-9-11-43-13-15-45-17-19-47-21-23-49-25-27-51-31(37)4-2-1-3-30(35)36/h1-28H2,(H,35,36)(H,39,40). The van der Waals surface area contributed by atoms with E-state index in [9.17, 15) is 24.0 Å². The highest BCUT2D eigenvalue weighted by Gasteiger charge is 2.14. The fourth-order valence-corrected chi connectivity index (χ4v) is 3.52. The number of carbonyl (C=O) groups is 5. The third-order valence-corrected chi connectivity index (χ3v) is 6.15. The molecule has 0 bridgehead atoms. The van der Waals surface area contributed by atoms with Gasteiger partial charge in [0.05, 0.1) is 139 Å². The van der Waals surface area contributed by atoms with Crippen molar-refractivity contribution in [3.63, 3.8) is 0 Å². The van der Waals surface area contributed by atoms with Gasteiger partial charge < -0.3 is 67.1 Å². The second-order valence-electron chi connectivity index (χ2n) is 10.4. The topological polar surface area (TPSA) is 237 Å². The number of hydrogen-bond acceptors (Lipinski definition) is 17. The molecule has 0 spiro atoms. The SMILES string of the molecule is O=C(O)CCCCC(=O)OCCOCCOCCOCCOCCOCCOCCOCCOCCOCCOCCOC(=O)CCC(=O)C(=O)O. The van der Waals surface area contributed by atoms with Crippen molar-refractivity contribution in [1.29, 1.82) is 0 Å². The molecular weight excluding hydrogens is 700 g/mol. The second kappa shape index (κ2) is 39.4. The van der Waals surface area contributed by atoms with Gasteiger partial charge in [0.2, 0.25) is 5.78 Å². The molecule has 0 saturated heterocycles. The van der Waals surface area contributed by atoms with Crippen molar-refractivity contribution in [3.8, 4) is 0 Å². The zero-order valence-corrected chi connectivity index (χ0v) is 30.1. The van der Waals surface area contributed by atoms with Crippen LogP contribution in [0.25, 0.3) is 0 Å². The zero-order valence-electron chi connectivity index (χ0n) is 30.1. The van der Waals surface area contributed by atoms with Gasteiger partial charge in [-0.15, -0.1) is 0 Å². The Kier molecular flexibility index (Phi) is 37.2. The van der Waals surface area contributed by atoms with Crippen LogP contribution >= 0.6 is 0 Å². The number of hydrogen-bond donors (Lipinski definition) is 2. The minimum atomic E-state index is -1.57. The summed E-state index contributed by atoms with van der Waals surface area (Å²) in [6.07, 6.45) is 0.514. The molecule has 19 heteroatoms. The van der Waals surface area contributed by atoms with Crippen LogP contribution in [-0.2, 0) is 80.8 Å². The van der Waals surface area contributed by atoms with Gasteiger partial charge in [0.15, 0.2) is 0 Å². The number of carbonyl (C=O) groups excluding carboxylic acids is 3. The summed E-state index contributed by atoms with van der Waals surface area (Å²) >= 11 is 0. The Labute approximate surface area is 304 Å². The number of carboxylic acids is 2. The lowest BCUT2D eigenvalue weighted by Gasteiger charge is -2.09. The van der Waals surface area contributed by atoms with E-state index in [1.165, 1.54) is 0 Å². The minimum Gasteiger partial charge on any atom is -0.481 e. The van der Waals surface area contributed by atoms with Crippen molar-refractivity contribution in [3.05, 3.63) is 0 Å².